The molecule has 1 saturated heterocycles. The minimum absolute atomic E-state index is 0.220. The number of nitrogens with two attached hydrogens (primary N) is 1. The Morgan fingerprint density at radius 3 is 2.95 bits per heavy atom. The van der Waals surface area contributed by atoms with E-state index >= 15 is 0 Å². The van der Waals surface area contributed by atoms with Gasteiger partial charge >= 0.3 is 0 Å². The molecule has 3 N–H and O–H groups in total. The fourth-order valence-corrected chi connectivity index (χ4v) is 2.33. The van der Waals surface area contributed by atoms with E-state index in [1.807, 2.05) is 0 Å². The number of hydrogen-bond donors (Lipinski definition) is 2. The first-order chi connectivity index (χ1) is 9.13. The van der Waals surface area contributed by atoms with Gasteiger partial charge in [0.05, 0.1) is 19.0 Å². The number of rotatable bonds is 2. The minimum atomic E-state index is -1.24. The maximum absolute atomic E-state index is 14.3. The number of fused-ring (bicyclic) bond motifs is 1. The van der Waals surface area contributed by atoms with Crippen LogP contribution in [0, 0.1) is 5.92 Å². The average molecular weight is 267 g/mol. The van der Waals surface area contributed by atoms with E-state index in [-0.39, 0.29) is 12.4 Å². The number of aromatic nitrogens is 4. The molecule has 0 bridgehead atoms. The Kier molecular flexibility index (Phi) is 2.83. The van der Waals surface area contributed by atoms with Crippen LogP contribution in [0.2, 0.25) is 0 Å². The lowest BCUT2D eigenvalue weighted by Crippen LogP contribution is -2.21. The third kappa shape index (κ3) is 1.75. The van der Waals surface area contributed by atoms with E-state index in [9.17, 15) is 4.39 Å². The number of halogens is 1. The maximum Gasteiger partial charge on any atom is 0.168 e. The van der Waals surface area contributed by atoms with Crippen molar-refractivity contribution in [3.05, 3.63) is 12.7 Å². The zero-order chi connectivity index (χ0) is 13.6. The Morgan fingerprint density at radius 2 is 2.26 bits per heavy atom. The van der Waals surface area contributed by atoms with Crippen molar-refractivity contribution < 1.29 is 14.2 Å². The number of nitrogens with zero attached hydrogens (tertiary/aromatic N) is 4. The van der Waals surface area contributed by atoms with E-state index in [1.54, 1.807) is 6.92 Å². The van der Waals surface area contributed by atoms with Gasteiger partial charge < -0.3 is 15.6 Å². The molecule has 7 nitrogen and oxygen atoms in total. The molecule has 1 aliphatic heterocycles. The van der Waals surface area contributed by atoms with Gasteiger partial charge in [-0.05, 0) is 0 Å². The van der Waals surface area contributed by atoms with Gasteiger partial charge in [-0.25, -0.2) is 19.3 Å². The van der Waals surface area contributed by atoms with Crippen molar-refractivity contribution in [1.82, 2.24) is 19.5 Å². The Hall–Kier alpha value is -1.80. The summed E-state index contributed by atoms with van der Waals surface area (Å²) in [4.78, 5) is 12.0. The molecule has 19 heavy (non-hydrogen) atoms. The monoisotopic (exact) mass is 267 g/mol. The molecular weight excluding hydrogens is 253 g/mol. The molecule has 4 atom stereocenters. The summed E-state index contributed by atoms with van der Waals surface area (Å²) in [6.07, 6.45) is 0.0959. The number of hydrogen-bond acceptors (Lipinski definition) is 6. The van der Waals surface area contributed by atoms with Gasteiger partial charge in [-0.3, -0.25) is 4.57 Å². The highest BCUT2D eigenvalue weighted by Gasteiger charge is 2.43. The molecule has 2 aromatic heterocycles. The average Bonchev–Trinajstić information content (AvgIpc) is 2.94. The van der Waals surface area contributed by atoms with Crippen LogP contribution >= 0.6 is 0 Å². The highest BCUT2D eigenvalue weighted by Crippen LogP contribution is 2.37. The molecule has 3 rings (SSSR count). The lowest BCUT2D eigenvalue weighted by Gasteiger charge is -2.15. The second kappa shape index (κ2) is 4.39. The van der Waals surface area contributed by atoms with Crippen molar-refractivity contribution in [2.45, 2.75) is 25.4 Å². The summed E-state index contributed by atoms with van der Waals surface area (Å²) >= 11 is 0. The zero-order valence-corrected chi connectivity index (χ0v) is 10.3. The number of aliphatic hydroxyl groups is 1. The molecule has 0 aromatic carbocycles. The fourth-order valence-electron chi connectivity index (χ4n) is 2.33. The molecule has 0 spiro atoms. The van der Waals surface area contributed by atoms with E-state index in [0.717, 1.165) is 0 Å². The molecule has 3 heterocycles. The van der Waals surface area contributed by atoms with Crippen molar-refractivity contribution in [3.8, 4) is 0 Å². The van der Waals surface area contributed by atoms with Gasteiger partial charge in [0, 0.05) is 5.92 Å². The van der Waals surface area contributed by atoms with E-state index in [0.29, 0.717) is 11.2 Å². The first-order valence-electron chi connectivity index (χ1n) is 5.97. The van der Waals surface area contributed by atoms with Crippen molar-refractivity contribution in [2.75, 3.05) is 12.3 Å². The molecule has 0 amide bonds. The topological polar surface area (TPSA) is 99.1 Å². The van der Waals surface area contributed by atoms with Crippen LogP contribution in [-0.4, -0.2) is 43.5 Å². The van der Waals surface area contributed by atoms with Crippen molar-refractivity contribution in [1.29, 1.82) is 0 Å². The molecule has 1 fully saturated rings. The largest absolute Gasteiger partial charge is 0.394 e. The molecule has 2 aromatic rings. The molecule has 0 saturated carbocycles. The molecular formula is C11H14FN5O2. The molecule has 0 aliphatic carbocycles. The molecule has 0 radical (unpaired) electrons. The van der Waals surface area contributed by atoms with Gasteiger partial charge in [0.25, 0.3) is 0 Å². The SMILES string of the molecule is C[C@H]1[C@H](F)[C@H](n2cnc3c(N)ncnc32)O[C@@H]1CO. The van der Waals surface area contributed by atoms with Crippen molar-refractivity contribution >= 4 is 17.0 Å². The van der Waals surface area contributed by atoms with Crippen LogP contribution in [-0.2, 0) is 4.74 Å². The van der Waals surface area contributed by atoms with Crippen molar-refractivity contribution in [2.24, 2.45) is 5.92 Å². The van der Waals surface area contributed by atoms with E-state index < -0.39 is 24.4 Å². The van der Waals surface area contributed by atoms with Gasteiger partial charge in [-0.15, -0.1) is 0 Å². The molecule has 8 heteroatoms. The van der Waals surface area contributed by atoms with E-state index in [2.05, 4.69) is 15.0 Å². The summed E-state index contributed by atoms with van der Waals surface area (Å²) in [5, 5.41) is 9.16. The first kappa shape index (κ1) is 12.2. The number of anilines is 1. The second-order valence-corrected chi connectivity index (χ2v) is 4.63. The number of aliphatic hydroxyl groups excluding tert-OH is 1. The Bertz CT molecular complexity index is 604. The number of nitrogen functional groups attached to an aromatic ring is 1. The summed E-state index contributed by atoms with van der Waals surface area (Å²) in [6.45, 7) is 1.48. The number of ether oxygens (including phenoxy) is 1. The number of alkyl halides is 1. The van der Waals surface area contributed by atoms with Gasteiger partial charge in [0.2, 0.25) is 0 Å². The van der Waals surface area contributed by atoms with Crippen LogP contribution in [0.15, 0.2) is 12.7 Å². The smallest absolute Gasteiger partial charge is 0.168 e. The fraction of sp³-hybridized carbons (Fsp3) is 0.545. The Morgan fingerprint density at radius 1 is 1.47 bits per heavy atom. The van der Waals surface area contributed by atoms with Gasteiger partial charge in [0.1, 0.15) is 11.8 Å². The Balaban J connectivity index is 2.04. The Labute approximate surface area is 108 Å². The van der Waals surface area contributed by atoms with E-state index in [1.165, 1.54) is 17.2 Å². The quantitative estimate of drug-likeness (QED) is 0.810. The zero-order valence-electron chi connectivity index (χ0n) is 10.3. The minimum Gasteiger partial charge on any atom is -0.394 e. The number of imidazole rings is 1. The van der Waals surface area contributed by atoms with Gasteiger partial charge in [-0.1, -0.05) is 6.92 Å². The predicted octanol–water partition coefficient (Wildman–Crippen LogP) is 0.272. The maximum atomic E-state index is 14.3. The van der Waals surface area contributed by atoms with Crippen LogP contribution in [0.5, 0.6) is 0 Å². The van der Waals surface area contributed by atoms with E-state index in [4.69, 9.17) is 15.6 Å². The van der Waals surface area contributed by atoms with Crippen LogP contribution in [0.1, 0.15) is 13.2 Å². The summed E-state index contributed by atoms with van der Waals surface area (Å²) in [7, 11) is 0. The second-order valence-electron chi connectivity index (χ2n) is 4.63. The van der Waals surface area contributed by atoms with Crippen molar-refractivity contribution in [3.63, 3.8) is 0 Å². The summed E-state index contributed by atoms with van der Waals surface area (Å²) < 4.78 is 21.3. The van der Waals surface area contributed by atoms with Gasteiger partial charge in [0.15, 0.2) is 23.9 Å². The lowest BCUT2D eigenvalue weighted by molar-refractivity contribution is -0.0378. The highest BCUT2D eigenvalue weighted by molar-refractivity contribution is 5.81. The first-order valence-corrected chi connectivity index (χ1v) is 5.97. The van der Waals surface area contributed by atoms with Crippen LogP contribution in [0.4, 0.5) is 10.2 Å². The third-order valence-corrected chi connectivity index (χ3v) is 3.52. The summed E-state index contributed by atoms with van der Waals surface area (Å²) in [5.41, 5.74) is 6.52. The van der Waals surface area contributed by atoms with Crippen LogP contribution in [0.3, 0.4) is 0 Å². The molecule has 0 unspecified atom stereocenters. The summed E-state index contributed by atoms with van der Waals surface area (Å²) in [6, 6.07) is 0. The van der Waals surface area contributed by atoms with Crippen LogP contribution in [0.25, 0.3) is 11.2 Å². The molecule has 1 aliphatic rings. The summed E-state index contributed by atoms with van der Waals surface area (Å²) in [5.74, 6) is -0.157. The van der Waals surface area contributed by atoms with Crippen LogP contribution < -0.4 is 5.73 Å². The normalized spacial score (nSPS) is 31.1. The predicted molar refractivity (Wildman–Crippen MR) is 64.8 cm³/mol. The highest BCUT2D eigenvalue weighted by atomic mass is 19.1. The molecule has 102 valence electrons. The third-order valence-electron chi connectivity index (χ3n) is 3.52. The standard InChI is InChI=1S/C11H14FN5O2/c1-5-6(2-18)19-11(7(5)12)17-4-16-8-9(13)14-3-15-10(8)17/h3-7,11,18H,2H2,1H3,(H2,13,14,15)/t5-,6-,7+,11-/m1/s1. The van der Waals surface area contributed by atoms with Gasteiger partial charge in [-0.2, -0.15) is 0 Å². The lowest BCUT2D eigenvalue weighted by atomic mass is 10.0.